The molecule has 0 aliphatic heterocycles. The quantitative estimate of drug-likeness (QED) is 0.298. The van der Waals surface area contributed by atoms with Crippen LogP contribution in [0.3, 0.4) is 0 Å². The summed E-state index contributed by atoms with van der Waals surface area (Å²) in [6.07, 6.45) is -0.299. The molecule has 158 valence electrons. The Bertz CT molecular complexity index is 935. The summed E-state index contributed by atoms with van der Waals surface area (Å²) in [5, 5.41) is 45.8. The first kappa shape index (κ1) is 22.2. The molecular formula is C20H22N4O6. The van der Waals surface area contributed by atoms with Gasteiger partial charge in [-0.2, -0.15) is 10.2 Å². The summed E-state index contributed by atoms with van der Waals surface area (Å²) < 4.78 is 0. The number of benzene rings is 2. The third kappa shape index (κ3) is 6.23. The molecule has 0 unspecified atom stereocenters. The number of hydrazone groups is 2. The van der Waals surface area contributed by atoms with E-state index in [1.165, 1.54) is 24.3 Å². The van der Waals surface area contributed by atoms with Gasteiger partial charge in [-0.3, -0.25) is 9.59 Å². The van der Waals surface area contributed by atoms with Gasteiger partial charge in [0.2, 0.25) is 11.8 Å². The Balaban J connectivity index is 1.84. The van der Waals surface area contributed by atoms with E-state index >= 15 is 0 Å². The van der Waals surface area contributed by atoms with Crippen LogP contribution in [0, 0.1) is 0 Å². The summed E-state index contributed by atoms with van der Waals surface area (Å²) >= 11 is 0. The molecule has 0 fully saturated rings. The average Bonchev–Trinajstić information content (AvgIpc) is 2.68. The molecule has 0 saturated heterocycles. The van der Waals surface area contributed by atoms with Crippen molar-refractivity contribution in [1.82, 2.24) is 10.9 Å². The number of carbonyl (C=O) groups is 2. The van der Waals surface area contributed by atoms with E-state index in [-0.39, 0.29) is 35.8 Å². The van der Waals surface area contributed by atoms with Crippen molar-refractivity contribution in [3.63, 3.8) is 0 Å². The lowest BCUT2D eigenvalue weighted by Crippen LogP contribution is -2.24. The highest BCUT2D eigenvalue weighted by Gasteiger charge is 2.10. The van der Waals surface area contributed by atoms with Crippen molar-refractivity contribution in [1.29, 1.82) is 0 Å². The maximum absolute atomic E-state index is 11.9. The molecule has 10 nitrogen and oxygen atoms in total. The lowest BCUT2D eigenvalue weighted by molar-refractivity contribution is -0.126. The fourth-order valence-electron chi connectivity index (χ4n) is 2.40. The van der Waals surface area contributed by atoms with Crippen molar-refractivity contribution in [2.75, 3.05) is 0 Å². The van der Waals surface area contributed by atoms with E-state index in [0.717, 1.165) is 12.1 Å². The minimum absolute atomic E-state index is 0.0994. The Morgan fingerprint density at radius 1 is 0.733 bits per heavy atom. The number of carbonyl (C=O) groups excluding carboxylic acids is 2. The van der Waals surface area contributed by atoms with Gasteiger partial charge in [-0.05, 0) is 38.1 Å². The van der Waals surface area contributed by atoms with Crippen LogP contribution in [0.1, 0.15) is 37.8 Å². The molecule has 0 aromatic heterocycles. The van der Waals surface area contributed by atoms with Crippen LogP contribution in [-0.2, 0) is 9.59 Å². The van der Waals surface area contributed by atoms with Crippen LogP contribution in [0.2, 0.25) is 0 Å². The second-order valence-electron chi connectivity index (χ2n) is 6.37. The Labute approximate surface area is 172 Å². The predicted octanol–water partition coefficient (Wildman–Crippen LogP) is 1.67. The maximum atomic E-state index is 11.9. The molecule has 2 rings (SSSR count). The number of amides is 2. The molecule has 2 aromatic rings. The second kappa shape index (κ2) is 9.92. The third-order valence-electron chi connectivity index (χ3n) is 4.02. The van der Waals surface area contributed by atoms with E-state index in [4.69, 9.17) is 0 Å². The molecule has 0 atom stereocenters. The van der Waals surface area contributed by atoms with E-state index in [1.807, 2.05) is 0 Å². The fraction of sp³-hybridized carbons (Fsp3) is 0.200. The van der Waals surface area contributed by atoms with E-state index in [1.54, 1.807) is 13.8 Å². The highest BCUT2D eigenvalue weighted by Crippen LogP contribution is 2.23. The fourth-order valence-corrected chi connectivity index (χ4v) is 2.40. The zero-order valence-electron chi connectivity index (χ0n) is 16.4. The molecule has 6 N–H and O–H groups in total. The number of rotatable bonds is 7. The molecule has 0 spiro atoms. The van der Waals surface area contributed by atoms with Crippen molar-refractivity contribution in [3.05, 3.63) is 47.5 Å². The number of nitrogens with one attached hydrogen (secondary N) is 2. The number of aromatic hydroxyl groups is 4. The SMILES string of the molecule is C/C(=N/NC(=O)CCC(=O)N/N=C(/C)c1ccc(O)cc1O)c1ccc(O)cc1O. The lowest BCUT2D eigenvalue weighted by atomic mass is 10.1. The number of phenolic OH excluding ortho intramolecular Hbond substituents is 4. The van der Waals surface area contributed by atoms with Crippen LogP contribution < -0.4 is 10.9 Å². The first-order chi connectivity index (χ1) is 14.2. The van der Waals surface area contributed by atoms with Crippen LogP contribution in [0.5, 0.6) is 23.0 Å². The van der Waals surface area contributed by atoms with Gasteiger partial charge in [-0.1, -0.05) is 0 Å². The molecule has 30 heavy (non-hydrogen) atoms. The number of hydrogen-bond donors (Lipinski definition) is 6. The topological polar surface area (TPSA) is 164 Å². The van der Waals surface area contributed by atoms with Crippen molar-refractivity contribution in [2.24, 2.45) is 10.2 Å². The average molecular weight is 414 g/mol. The van der Waals surface area contributed by atoms with Crippen molar-refractivity contribution in [2.45, 2.75) is 26.7 Å². The van der Waals surface area contributed by atoms with Gasteiger partial charge in [0, 0.05) is 36.1 Å². The summed E-state index contributed by atoms with van der Waals surface area (Å²) in [5.74, 6) is -1.59. The lowest BCUT2D eigenvalue weighted by Gasteiger charge is -2.06. The zero-order chi connectivity index (χ0) is 22.3. The molecule has 0 bridgehead atoms. The van der Waals surface area contributed by atoms with Crippen LogP contribution in [0.15, 0.2) is 46.6 Å². The summed E-state index contributed by atoms with van der Waals surface area (Å²) in [7, 11) is 0. The second-order valence-corrected chi connectivity index (χ2v) is 6.37. The monoisotopic (exact) mass is 414 g/mol. The van der Waals surface area contributed by atoms with E-state index in [9.17, 15) is 30.0 Å². The Morgan fingerprint density at radius 2 is 1.10 bits per heavy atom. The molecular weight excluding hydrogens is 392 g/mol. The van der Waals surface area contributed by atoms with Gasteiger partial charge < -0.3 is 20.4 Å². The highest BCUT2D eigenvalue weighted by molar-refractivity contribution is 6.02. The normalized spacial score (nSPS) is 11.8. The van der Waals surface area contributed by atoms with E-state index < -0.39 is 11.8 Å². The zero-order valence-corrected chi connectivity index (χ0v) is 16.4. The van der Waals surface area contributed by atoms with Gasteiger partial charge in [-0.15, -0.1) is 0 Å². The van der Waals surface area contributed by atoms with Gasteiger partial charge in [0.05, 0.1) is 11.4 Å². The molecule has 0 aliphatic rings. The number of phenols is 4. The molecule has 0 saturated carbocycles. The molecule has 2 aromatic carbocycles. The molecule has 0 heterocycles. The van der Waals surface area contributed by atoms with Crippen LogP contribution in [0.25, 0.3) is 0 Å². The summed E-state index contributed by atoms with van der Waals surface area (Å²) in [4.78, 5) is 23.7. The van der Waals surface area contributed by atoms with Gasteiger partial charge in [0.1, 0.15) is 23.0 Å². The predicted molar refractivity (Wildman–Crippen MR) is 109 cm³/mol. The highest BCUT2D eigenvalue weighted by atomic mass is 16.3. The van der Waals surface area contributed by atoms with Gasteiger partial charge >= 0.3 is 0 Å². The number of nitrogens with zero attached hydrogens (tertiary/aromatic N) is 2. The summed E-state index contributed by atoms with van der Waals surface area (Å²) in [6.45, 7) is 3.13. The first-order valence-electron chi connectivity index (χ1n) is 8.88. The smallest absolute Gasteiger partial charge is 0.240 e. The standard InChI is InChI=1S/C20H22N4O6/c1-11(15-5-3-13(25)9-17(15)27)21-23-19(29)7-8-20(30)24-22-12(2)16-6-4-14(26)10-18(16)28/h3-6,9-10,25-28H,7-8H2,1-2H3,(H,23,29)(H,24,30)/b21-11-,22-12-. The maximum Gasteiger partial charge on any atom is 0.240 e. The minimum Gasteiger partial charge on any atom is -0.508 e. The molecule has 0 radical (unpaired) electrons. The Morgan fingerprint density at radius 3 is 1.43 bits per heavy atom. The summed E-state index contributed by atoms with van der Waals surface area (Å²) in [5.41, 5.74) is 5.89. The van der Waals surface area contributed by atoms with Crippen LogP contribution in [0.4, 0.5) is 0 Å². The van der Waals surface area contributed by atoms with Crippen molar-refractivity contribution in [3.8, 4) is 23.0 Å². The summed E-state index contributed by atoms with van der Waals surface area (Å²) in [6, 6.07) is 7.97. The molecule has 10 heteroatoms. The Hall–Kier alpha value is -4.08. The van der Waals surface area contributed by atoms with Gasteiger partial charge in [-0.25, -0.2) is 10.9 Å². The molecule has 0 aliphatic carbocycles. The van der Waals surface area contributed by atoms with Crippen molar-refractivity contribution >= 4 is 23.2 Å². The third-order valence-corrected chi connectivity index (χ3v) is 4.02. The number of hydrogen-bond acceptors (Lipinski definition) is 8. The largest absolute Gasteiger partial charge is 0.508 e. The minimum atomic E-state index is -0.514. The Kier molecular flexibility index (Phi) is 7.34. The van der Waals surface area contributed by atoms with Gasteiger partial charge in [0.15, 0.2) is 0 Å². The van der Waals surface area contributed by atoms with Crippen molar-refractivity contribution < 1.29 is 30.0 Å². The van der Waals surface area contributed by atoms with E-state index in [2.05, 4.69) is 21.1 Å². The first-order valence-corrected chi connectivity index (χ1v) is 8.88. The molecule has 2 amide bonds. The van der Waals surface area contributed by atoms with Crippen LogP contribution in [-0.4, -0.2) is 43.7 Å². The van der Waals surface area contributed by atoms with E-state index in [0.29, 0.717) is 22.6 Å². The van der Waals surface area contributed by atoms with Gasteiger partial charge in [0.25, 0.3) is 0 Å². The van der Waals surface area contributed by atoms with Crippen LogP contribution >= 0.6 is 0 Å².